The molecule has 5 nitrogen and oxygen atoms in total. The number of hydrogen-bond acceptors (Lipinski definition) is 4. The zero-order valence-corrected chi connectivity index (χ0v) is 16.7. The number of carbonyl (C=O) groups is 1. The van der Waals surface area contributed by atoms with Gasteiger partial charge in [-0.25, -0.2) is 0 Å². The fourth-order valence-corrected chi connectivity index (χ4v) is 3.03. The van der Waals surface area contributed by atoms with E-state index in [1.54, 1.807) is 0 Å². The number of nitrogens with one attached hydrogen (secondary N) is 1. The summed E-state index contributed by atoms with van der Waals surface area (Å²) in [6, 6.07) is 20.3. The van der Waals surface area contributed by atoms with E-state index in [1.165, 1.54) is 0 Å². The van der Waals surface area contributed by atoms with Crippen molar-refractivity contribution in [3.8, 4) is 0 Å². The van der Waals surface area contributed by atoms with Gasteiger partial charge in [0.2, 0.25) is 11.8 Å². The summed E-state index contributed by atoms with van der Waals surface area (Å²) >= 11 is 0. The minimum Gasteiger partial charge on any atom is -0.356 e. The van der Waals surface area contributed by atoms with Crippen LogP contribution < -0.4 is 5.32 Å². The fourth-order valence-electron chi connectivity index (χ4n) is 3.03. The Bertz CT molecular complexity index is 843. The summed E-state index contributed by atoms with van der Waals surface area (Å²) in [4.78, 5) is 17.0. The van der Waals surface area contributed by atoms with E-state index >= 15 is 0 Å². The second-order valence-electron chi connectivity index (χ2n) is 7.94. The van der Waals surface area contributed by atoms with Gasteiger partial charge in [0.25, 0.3) is 0 Å². The maximum atomic E-state index is 12.6. The first-order chi connectivity index (χ1) is 13.4. The molecule has 1 N–H and O–H groups in total. The van der Waals surface area contributed by atoms with Gasteiger partial charge in [-0.2, -0.15) is 4.98 Å². The average Bonchev–Trinajstić information content (AvgIpc) is 3.17. The summed E-state index contributed by atoms with van der Waals surface area (Å²) in [5.74, 6) is 1.27. The molecule has 0 atom stereocenters. The summed E-state index contributed by atoms with van der Waals surface area (Å²) in [7, 11) is 0. The van der Waals surface area contributed by atoms with E-state index in [4.69, 9.17) is 4.52 Å². The highest BCUT2D eigenvalue weighted by Crippen LogP contribution is 2.27. The van der Waals surface area contributed by atoms with Crippen molar-refractivity contribution in [3.05, 3.63) is 83.5 Å². The molecule has 1 aromatic heterocycles. The Morgan fingerprint density at radius 1 is 1.00 bits per heavy atom. The smallest absolute Gasteiger partial charge is 0.232 e. The standard InChI is InChI=1S/C23H27N3O2/c1-23(2,3)22-25-20(26-28-22)14-15-24-21(27)16-19(17-10-6-4-7-11-17)18-12-8-5-9-13-18/h4-13,19H,14-16H2,1-3H3,(H,24,27). The van der Waals surface area contributed by atoms with Crippen molar-refractivity contribution in [1.29, 1.82) is 0 Å². The maximum absolute atomic E-state index is 12.6. The molecule has 0 fully saturated rings. The first-order valence-electron chi connectivity index (χ1n) is 9.63. The topological polar surface area (TPSA) is 68.0 Å². The molecule has 0 bridgehead atoms. The largest absolute Gasteiger partial charge is 0.356 e. The highest BCUT2D eigenvalue weighted by Gasteiger charge is 2.22. The van der Waals surface area contributed by atoms with Gasteiger partial charge in [-0.1, -0.05) is 86.6 Å². The lowest BCUT2D eigenvalue weighted by Gasteiger charge is -2.17. The monoisotopic (exact) mass is 377 g/mol. The molecule has 0 saturated carbocycles. The van der Waals surface area contributed by atoms with Crippen molar-refractivity contribution >= 4 is 5.91 Å². The molecule has 3 rings (SSSR count). The molecule has 0 aliphatic rings. The van der Waals surface area contributed by atoms with Crippen LogP contribution >= 0.6 is 0 Å². The Morgan fingerprint density at radius 2 is 1.57 bits per heavy atom. The molecule has 2 aromatic carbocycles. The lowest BCUT2D eigenvalue weighted by Crippen LogP contribution is -2.27. The summed E-state index contributed by atoms with van der Waals surface area (Å²) in [6.07, 6.45) is 0.945. The average molecular weight is 377 g/mol. The number of hydrogen-bond donors (Lipinski definition) is 1. The molecule has 1 heterocycles. The third-order valence-electron chi connectivity index (χ3n) is 4.57. The Kier molecular flexibility index (Phi) is 6.24. The van der Waals surface area contributed by atoms with Crippen molar-refractivity contribution in [2.45, 2.75) is 44.9 Å². The van der Waals surface area contributed by atoms with Crippen LogP contribution in [-0.2, 0) is 16.6 Å². The van der Waals surface area contributed by atoms with Crippen LogP contribution in [0, 0.1) is 0 Å². The molecule has 0 aliphatic carbocycles. The van der Waals surface area contributed by atoms with Crippen molar-refractivity contribution < 1.29 is 9.32 Å². The molecule has 146 valence electrons. The summed E-state index contributed by atoms with van der Waals surface area (Å²) in [5.41, 5.74) is 2.10. The molecular weight excluding hydrogens is 350 g/mol. The van der Waals surface area contributed by atoms with E-state index in [1.807, 2.05) is 57.2 Å². The van der Waals surface area contributed by atoms with Gasteiger partial charge in [-0.3, -0.25) is 4.79 Å². The van der Waals surface area contributed by atoms with Gasteiger partial charge in [-0.05, 0) is 11.1 Å². The maximum Gasteiger partial charge on any atom is 0.232 e. The highest BCUT2D eigenvalue weighted by atomic mass is 16.5. The van der Waals surface area contributed by atoms with E-state index in [-0.39, 0.29) is 17.2 Å². The molecule has 1 amide bonds. The van der Waals surface area contributed by atoms with E-state index in [0.29, 0.717) is 31.1 Å². The van der Waals surface area contributed by atoms with Crippen LogP contribution in [0.5, 0.6) is 0 Å². The summed E-state index contributed by atoms with van der Waals surface area (Å²) in [6.45, 7) is 6.57. The Morgan fingerprint density at radius 3 is 2.07 bits per heavy atom. The Balaban J connectivity index is 1.59. The van der Waals surface area contributed by atoms with Crippen molar-refractivity contribution in [2.24, 2.45) is 0 Å². The lowest BCUT2D eigenvalue weighted by atomic mass is 9.88. The molecule has 0 spiro atoms. The van der Waals surface area contributed by atoms with Crippen LogP contribution in [0.25, 0.3) is 0 Å². The van der Waals surface area contributed by atoms with Crippen LogP contribution in [0.4, 0.5) is 0 Å². The minimum atomic E-state index is -0.174. The molecule has 0 saturated heterocycles. The van der Waals surface area contributed by atoms with E-state index < -0.39 is 0 Å². The lowest BCUT2D eigenvalue weighted by molar-refractivity contribution is -0.121. The van der Waals surface area contributed by atoms with E-state index in [2.05, 4.69) is 39.7 Å². The number of carbonyl (C=O) groups excluding carboxylic acids is 1. The van der Waals surface area contributed by atoms with Crippen molar-refractivity contribution in [2.75, 3.05) is 6.54 Å². The molecule has 3 aromatic rings. The van der Waals surface area contributed by atoms with Gasteiger partial charge in [0.15, 0.2) is 5.82 Å². The SMILES string of the molecule is CC(C)(C)c1nc(CCNC(=O)CC(c2ccccc2)c2ccccc2)no1. The third kappa shape index (κ3) is 5.28. The number of aromatic nitrogens is 2. The normalized spacial score (nSPS) is 11.6. The minimum absolute atomic E-state index is 0.0113. The van der Waals surface area contributed by atoms with Crippen LogP contribution in [0.1, 0.15) is 56.0 Å². The van der Waals surface area contributed by atoms with Crippen LogP contribution in [0.15, 0.2) is 65.2 Å². The van der Waals surface area contributed by atoms with E-state index in [9.17, 15) is 4.79 Å². The number of rotatable bonds is 7. The Labute approximate surface area is 166 Å². The van der Waals surface area contributed by atoms with Gasteiger partial charge < -0.3 is 9.84 Å². The van der Waals surface area contributed by atoms with Gasteiger partial charge in [0.1, 0.15) is 0 Å². The third-order valence-corrected chi connectivity index (χ3v) is 4.57. The van der Waals surface area contributed by atoms with E-state index in [0.717, 1.165) is 11.1 Å². The molecule has 5 heteroatoms. The fraction of sp³-hybridized carbons (Fsp3) is 0.348. The second-order valence-corrected chi connectivity index (χ2v) is 7.94. The van der Waals surface area contributed by atoms with Gasteiger partial charge in [0, 0.05) is 30.7 Å². The summed E-state index contributed by atoms with van der Waals surface area (Å²) < 4.78 is 5.29. The van der Waals surface area contributed by atoms with Gasteiger partial charge in [-0.15, -0.1) is 0 Å². The molecule has 28 heavy (non-hydrogen) atoms. The van der Waals surface area contributed by atoms with Gasteiger partial charge >= 0.3 is 0 Å². The van der Waals surface area contributed by atoms with Crippen LogP contribution in [0.2, 0.25) is 0 Å². The quantitative estimate of drug-likeness (QED) is 0.668. The molecule has 0 radical (unpaired) electrons. The molecule has 0 aliphatic heterocycles. The molecular formula is C23H27N3O2. The van der Waals surface area contributed by atoms with Crippen molar-refractivity contribution in [3.63, 3.8) is 0 Å². The van der Waals surface area contributed by atoms with Crippen LogP contribution in [0.3, 0.4) is 0 Å². The predicted molar refractivity (Wildman–Crippen MR) is 109 cm³/mol. The first kappa shape index (κ1) is 19.8. The predicted octanol–water partition coefficient (Wildman–Crippen LogP) is 4.25. The van der Waals surface area contributed by atoms with Crippen LogP contribution in [-0.4, -0.2) is 22.6 Å². The van der Waals surface area contributed by atoms with Gasteiger partial charge in [0.05, 0.1) is 0 Å². The van der Waals surface area contributed by atoms with Crippen molar-refractivity contribution in [1.82, 2.24) is 15.5 Å². The Hall–Kier alpha value is -2.95. The number of benzene rings is 2. The zero-order chi connectivity index (χ0) is 20.0. The zero-order valence-electron chi connectivity index (χ0n) is 16.7. The molecule has 0 unspecified atom stereocenters. The highest BCUT2D eigenvalue weighted by molar-refractivity contribution is 5.77. The number of nitrogens with zero attached hydrogens (tertiary/aromatic N) is 2. The summed E-state index contributed by atoms with van der Waals surface area (Å²) in [5, 5.41) is 6.99. The number of amides is 1. The first-order valence-corrected chi connectivity index (χ1v) is 9.63. The second kappa shape index (κ2) is 8.83.